The maximum atomic E-state index is 13.7. The molecule has 0 bridgehead atoms. The number of carbonyl (C=O) groups is 1. The zero-order valence-corrected chi connectivity index (χ0v) is 11.3. The third kappa shape index (κ3) is 2.53. The van der Waals surface area contributed by atoms with Crippen LogP contribution in [0.4, 0.5) is 13.2 Å². The minimum Gasteiger partial charge on any atom is -0.321 e. The van der Waals surface area contributed by atoms with Crippen LogP contribution < -0.4 is 0 Å². The highest BCUT2D eigenvalue weighted by Gasteiger charge is 2.14. The van der Waals surface area contributed by atoms with Gasteiger partial charge in [0.15, 0.2) is 17.4 Å². The Labute approximate surface area is 124 Å². The third-order valence-electron chi connectivity index (χ3n) is 3.27. The van der Waals surface area contributed by atoms with Gasteiger partial charge in [0.25, 0.3) is 0 Å². The van der Waals surface area contributed by atoms with Crippen molar-refractivity contribution in [1.29, 1.82) is 0 Å². The van der Waals surface area contributed by atoms with E-state index in [4.69, 9.17) is 0 Å². The Balaban J connectivity index is 1.95. The molecule has 0 N–H and O–H groups in total. The summed E-state index contributed by atoms with van der Waals surface area (Å²) in [6, 6.07) is 10.6. The van der Waals surface area contributed by atoms with E-state index in [1.807, 2.05) is 0 Å². The number of aromatic nitrogens is 1. The second kappa shape index (κ2) is 5.52. The first-order valence-electron chi connectivity index (χ1n) is 6.49. The Kier molecular flexibility index (Phi) is 3.55. The second-order valence-corrected chi connectivity index (χ2v) is 4.72. The van der Waals surface area contributed by atoms with Gasteiger partial charge in [-0.15, -0.1) is 0 Å². The van der Waals surface area contributed by atoms with Gasteiger partial charge in [-0.25, -0.2) is 13.2 Å². The largest absolute Gasteiger partial charge is 0.321 e. The van der Waals surface area contributed by atoms with E-state index in [2.05, 4.69) is 0 Å². The normalized spacial score (nSPS) is 10.7. The third-order valence-corrected chi connectivity index (χ3v) is 3.27. The van der Waals surface area contributed by atoms with Gasteiger partial charge in [0.2, 0.25) is 0 Å². The van der Waals surface area contributed by atoms with Gasteiger partial charge >= 0.3 is 0 Å². The van der Waals surface area contributed by atoms with Crippen LogP contribution in [-0.2, 0) is 0 Å². The minimum atomic E-state index is -1.08. The first-order chi connectivity index (χ1) is 10.6. The van der Waals surface area contributed by atoms with Gasteiger partial charge in [-0.3, -0.25) is 4.79 Å². The maximum Gasteiger partial charge on any atom is 0.194 e. The molecule has 2 aromatic carbocycles. The van der Waals surface area contributed by atoms with E-state index in [0.29, 0.717) is 5.69 Å². The molecule has 0 spiro atoms. The predicted molar refractivity (Wildman–Crippen MR) is 75.5 cm³/mol. The molecule has 3 aromatic rings. The van der Waals surface area contributed by atoms with Crippen LogP contribution in [-0.4, -0.2) is 10.4 Å². The summed E-state index contributed by atoms with van der Waals surface area (Å²) in [5.74, 6) is -2.99. The molecule has 0 aliphatic carbocycles. The van der Waals surface area contributed by atoms with E-state index in [1.54, 1.807) is 18.2 Å². The fourth-order valence-electron chi connectivity index (χ4n) is 2.15. The average Bonchev–Trinajstić information content (AvgIpc) is 2.99. The van der Waals surface area contributed by atoms with Crippen molar-refractivity contribution in [2.24, 2.45) is 0 Å². The number of ketones is 1. The van der Waals surface area contributed by atoms with Gasteiger partial charge in [-0.05, 0) is 36.4 Å². The van der Waals surface area contributed by atoms with Crippen molar-refractivity contribution in [2.75, 3.05) is 0 Å². The molecule has 0 fully saturated rings. The van der Waals surface area contributed by atoms with Crippen LogP contribution >= 0.6 is 0 Å². The summed E-state index contributed by atoms with van der Waals surface area (Å²) in [4.78, 5) is 12.2. The molecule has 22 heavy (non-hydrogen) atoms. The molecular weight excluding hydrogens is 291 g/mol. The van der Waals surface area contributed by atoms with E-state index in [1.165, 1.54) is 35.2 Å². The molecule has 0 aliphatic heterocycles. The van der Waals surface area contributed by atoms with Crippen molar-refractivity contribution in [3.8, 4) is 5.69 Å². The quantitative estimate of drug-likeness (QED) is 0.667. The maximum absolute atomic E-state index is 13.7. The lowest BCUT2D eigenvalue weighted by molar-refractivity contribution is 0.103. The molecule has 0 radical (unpaired) electrons. The summed E-state index contributed by atoms with van der Waals surface area (Å²) in [6.07, 6.45) is 2.98. The predicted octanol–water partition coefficient (Wildman–Crippen LogP) is 4.13. The number of hydrogen-bond donors (Lipinski definition) is 0. The van der Waals surface area contributed by atoms with Gasteiger partial charge in [0, 0.05) is 23.5 Å². The van der Waals surface area contributed by atoms with E-state index < -0.39 is 23.2 Å². The van der Waals surface area contributed by atoms with Crippen LogP contribution in [0.5, 0.6) is 0 Å². The van der Waals surface area contributed by atoms with Gasteiger partial charge in [-0.2, -0.15) is 0 Å². The number of nitrogens with zero attached hydrogens (tertiary/aromatic N) is 1. The zero-order chi connectivity index (χ0) is 15.7. The van der Waals surface area contributed by atoms with Crippen LogP contribution in [0.1, 0.15) is 15.9 Å². The van der Waals surface area contributed by atoms with Crippen molar-refractivity contribution in [3.63, 3.8) is 0 Å². The number of carbonyl (C=O) groups excluding carboxylic acids is 1. The van der Waals surface area contributed by atoms with Crippen LogP contribution in [0, 0.1) is 17.5 Å². The average molecular weight is 301 g/mol. The molecule has 0 aliphatic rings. The molecule has 0 unspecified atom stereocenters. The highest BCUT2D eigenvalue weighted by atomic mass is 19.2. The van der Waals surface area contributed by atoms with Gasteiger partial charge in [0.05, 0.1) is 5.69 Å². The number of benzene rings is 2. The van der Waals surface area contributed by atoms with E-state index in [9.17, 15) is 18.0 Å². The molecule has 110 valence electrons. The Hall–Kier alpha value is -2.82. The molecule has 0 saturated carbocycles. The Bertz CT molecular complexity index is 855. The topological polar surface area (TPSA) is 22.0 Å². The van der Waals surface area contributed by atoms with Crippen LogP contribution in [0.15, 0.2) is 60.9 Å². The lowest BCUT2D eigenvalue weighted by Crippen LogP contribution is -2.02. The molecule has 1 aromatic heterocycles. The molecule has 0 atom stereocenters. The smallest absolute Gasteiger partial charge is 0.194 e. The molecule has 5 heteroatoms. The van der Waals surface area contributed by atoms with Crippen molar-refractivity contribution >= 4 is 5.78 Å². The minimum absolute atomic E-state index is 0.0326. The van der Waals surface area contributed by atoms with Crippen LogP contribution in [0.25, 0.3) is 5.69 Å². The molecular formula is C17H10F3NO. The highest BCUT2D eigenvalue weighted by molar-refractivity contribution is 6.08. The molecule has 0 amide bonds. The summed E-state index contributed by atoms with van der Waals surface area (Å²) >= 11 is 0. The number of para-hydroxylation sites is 1. The SMILES string of the molecule is O=C(c1ccc(F)c(F)c1)c1ccn(-c2ccccc2F)c1. The summed E-state index contributed by atoms with van der Waals surface area (Å²) in [5, 5.41) is 0. The Morgan fingerprint density at radius 1 is 0.818 bits per heavy atom. The summed E-state index contributed by atoms with van der Waals surface area (Å²) in [5.41, 5.74) is 0.589. The van der Waals surface area contributed by atoms with Crippen molar-refractivity contribution in [2.45, 2.75) is 0 Å². The van der Waals surface area contributed by atoms with Crippen LogP contribution in [0.2, 0.25) is 0 Å². The molecule has 3 rings (SSSR count). The Morgan fingerprint density at radius 3 is 2.32 bits per heavy atom. The Morgan fingerprint density at radius 2 is 1.59 bits per heavy atom. The number of halogens is 3. The van der Waals surface area contributed by atoms with Crippen molar-refractivity contribution in [3.05, 3.63) is 89.5 Å². The monoisotopic (exact) mass is 301 g/mol. The van der Waals surface area contributed by atoms with Crippen molar-refractivity contribution in [1.82, 2.24) is 4.57 Å². The summed E-state index contributed by atoms with van der Waals surface area (Å²) < 4.78 is 41.3. The number of rotatable bonds is 3. The lowest BCUT2D eigenvalue weighted by atomic mass is 10.1. The van der Waals surface area contributed by atoms with Crippen molar-refractivity contribution < 1.29 is 18.0 Å². The number of hydrogen-bond acceptors (Lipinski definition) is 1. The molecule has 0 saturated heterocycles. The van der Waals surface area contributed by atoms with Gasteiger partial charge < -0.3 is 4.57 Å². The summed E-state index contributed by atoms with van der Waals surface area (Å²) in [6.45, 7) is 0. The zero-order valence-electron chi connectivity index (χ0n) is 11.3. The van der Waals surface area contributed by atoms with Gasteiger partial charge in [-0.1, -0.05) is 12.1 Å². The lowest BCUT2D eigenvalue weighted by Gasteiger charge is -2.03. The molecule has 1 heterocycles. The standard InChI is InChI=1S/C17H10F3NO/c18-13-6-5-11(9-15(13)20)17(22)12-7-8-21(10-12)16-4-2-1-3-14(16)19/h1-10H. The van der Waals surface area contributed by atoms with E-state index in [0.717, 1.165) is 12.1 Å². The molecule has 2 nitrogen and oxygen atoms in total. The van der Waals surface area contributed by atoms with E-state index in [-0.39, 0.29) is 11.1 Å². The fourth-order valence-corrected chi connectivity index (χ4v) is 2.15. The highest BCUT2D eigenvalue weighted by Crippen LogP contribution is 2.18. The second-order valence-electron chi connectivity index (χ2n) is 4.72. The first-order valence-corrected chi connectivity index (χ1v) is 6.49. The van der Waals surface area contributed by atoms with E-state index >= 15 is 0 Å². The fraction of sp³-hybridized carbons (Fsp3) is 0. The van der Waals surface area contributed by atoms with Gasteiger partial charge in [0.1, 0.15) is 5.82 Å². The van der Waals surface area contributed by atoms with Crippen LogP contribution in [0.3, 0.4) is 0 Å². The summed E-state index contributed by atoms with van der Waals surface area (Å²) in [7, 11) is 0. The first kappa shape index (κ1) is 14.1.